The van der Waals surface area contributed by atoms with Crippen LogP contribution in [0, 0.1) is 20.8 Å². The summed E-state index contributed by atoms with van der Waals surface area (Å²) in [6, 6.07) is 14.9. The van der Waals surface area contributed by atoms with E-state index in [0.717, 1.165) is 28.4 Å². The molecule has 3 aliphatic rings. The zero-order valence-electron chi connectivity index (χ0n) is 16.5. The minimum atomic E-state index is 0.317. The molecule has 3 aliphatic carbocycles. The number of aryl methyl sites for hydroxylation is 1. The largest absolute Gasteiger partial charge is 0.507 e. The van der Waals surface area contributed by atoms with E-state index in [4.69, 9.17) is 4.74 Å². The second kappa shape index (κ2) is 7.32. The first-order valence-corrected chi connectivity index (χ1v) is 11.8. The predicted molar refractivity (Wildman–Crippen MR) is 120 cm³/mol. The number of hydrogen-bond donors (Lipinski definition) is 1. The van der Waals surface area contributed by atoms with E-state index in [9.17, 15) is 5.11 Å². The van der Waals surface area contributed by atoms with Gasteiger partial charge in [-0.05, 0) is 113 Å². The van der Waals surface area contributed by atoms with Gasteiger partial charge in [0.2, 0.25) is 0 Å². The van der Waals surface area contributed by atoms with E-state index in [1.807, 2.05) is 6.07 Å². The third-order valence-corrected chi connectivity index (χ3v) is 8.86. The number of benzene rings is 2. The molecule has 0 saturated heterocycles. The molecule has 2 nitrogen and oxygen atoms in total. The summed E-state index contributed by atoms with van der Waals surface area (Å²) < 4.78 is 7.51. The Labute approximate surface area is 181 Å². The molecule has 148 valence electrons. The molecule has 1 unspecified atom stereocenters. The number of hydrogen-bond acceptors (Lipinski definition) is 2. The summed E-state index contributed by atoms with van der Waals surface area (Å²) in [5, 5.41) is 10.1. The van der Waals surface area contributed by atoms with Crippen LogP contribution in [0.3, 0.4) is 0 Å². The van der Waals surface area contributed by atoms with Crippen LogP contribution in [0.4, 0.5) is 0 Å². The number of aromatic hydroxyl groups is 1. The Hall–Kier alpha value is -1.07. The van der Waals surface area contributed by atoms with Crippen LogP contribution in [0.2, 0.25) is 0 Å². The summed E-state index contributed by atoms with van der Waals surface area (Å²) in [5.74, 6) is 2.67. The highest BCUT2D eigenvalue weighted by molar-refractivity contribution is 14.1. The zero-order valence-corrected chi connectivity index (χ0v) is 18.7. The smallest absolute Gasteiger partial charge is 0.129 e. The van der Waals surface area contributed by atoms with Gasteiger partial charge in [0.05, 0.1) is 16.3 Å². The topological polar surface area (TPSA) is 29.5 Å². The molecule has 0 radical (unpaired) electrons. The van der Waals surface area contributed by atoms with Crippen LogP contribution in [-0.2, 0) is 17.8 Å². The second-order valence-electron chi connectivity index (χ2n) is 9.33. The maximum atomic E-state index is 10.1. The predicted octanol–water partition coefficient (Wildman–Crippen LogP) is 6.44. The third-order valence-electron chi connectivity index (χ3n) is 8.00. The van der Waals surface area contributed by atoms with Crippen LogP contribution in [0.25, 0.3) is 0 Å². The van der Waals surface area contributed by atoms with Crippen molar-refractivity contribution < 1.29 is 9.84 Å². The molecular weight excluding hydrogens is 459 g/mol. The fourth-order valence-electron chi connectivity index (χ4n) is 6.58. The molecule has 0 bridgehead atoms. The highest BCUT2D eigenvalue weighted by Crippen LogP contribution is 2.61. The molecule has 0 aliphatic heterocycles. The van der Waals surface area contributed by atoms with E-state index >= 15 is 0 Å². The van der Waals surface area contributed by atoms with Gasteiger partial charge in [-0.2, -0.15) is 0 Å². The summed E-state index contributed by atoms with van der Waals surface area (Å²) >= 11 is 2.28. The monoisotopic (exact) mass is 488 g/mol. The summed E-state index contributed by atoms with van der Waals surface area (Å²) in [7, 11) is 0. The standard InChI is InChI=1S/C25H29IO2/c1-25-12-11-18-19(8-7-17-13-23(27)22(26)14-20(17)18)21(25)9-10-24(25)28-15-16-5-3-2-4-6-16/h2-6,13-14,18-19,21,24,27H,7-12,15H2,1H3/t18-,19+,21-,24?,25-/m0/s1. The summed E-state index contributed by atoms with van der Waals surface area (Å²) in [6.45, 7) is 3.24. The zero-order chi connectivity index (χ0) is 19.3. The van der Waals surface area contributed by atoms with E-state index in [1.54, 1.807) is 0 Å². The lowest BCUT2D eigenvalue weighted by atomic mass is 9.55. The van der Waals surface area contributed by atoms with Gasteiger partial charge in [0.25, 0.3) is 0 Å². The molecule has 0 heterocycles. The van der Waals surface area contributed by atoms with Crippen molar-refractivity contribution in [1.82, 2.24) is 0 Å². The highest BCUT2D eigenvalue weighted by atomic mass is 127. The van der Waals surface area contributed by atoms with E-state index in [0.29, 0.717) is 23.2 Å². The van der Waals surface area contributed by atoms with Crippen LogP contribution in [0.15, 0.2) is 42.5 Å². The quantitative estimate of drug-likeness (QED) is 0.504. The summed E-state index contributed by atoms with van der Waals surface area (Å²) in [6.07, 6.45) is 7.80. The van der Waals surface area contributed by atoms with Gasteiger partial charge in [0.1, 0.15) is 5.75 Å². The van der Waals surface area contributed by atoms with Crippen LogP contribution in [0.5, 0.6) is 5.75 Å². The summed E-state index contributed by atoms with van der Waals surface area (Å²) in [5.41, 5.74) is 4.51. The van der Waals surface area contributed by atoms with E-state index in [-0.39, 0.29) is 0 Å². The molecule has 2 aromatic rings. The first kappa shape index (κ1) is 18.9. The van der Waals surface area contributed by atoms with Gasteiger partial charge >= 0.3 is 0 Å². The van der Waals surface area contributed by atoms with Gasteiger partial charge in [-0.1, -0.05) is 37.3 Å². The van der Waals surface area contributed by atoms with Crippen molar-refractivity contribution in [1.29, 1.82) is 0 Å². The van der Waals surface area contributed by atoms with Gasteiger partial charge < -0.3 is 9.84 Å². The molecule has 28 heavy (non-hydrogen) atoms. The normalized spacial score (nSPS) is 33.8. The van der Waals surface area contributed by atoms with Crippen molar-refractivity contribution in [3.8, 4) is 5.75 Å². The number of phenolic OH excluding ortho intramolecular Hbond substituents is 1. The SMILES string of the molecule is C[C@]12CC[C@@H]3c4cc(I)c(O)cc4CC[C@H]3[C@@H]1CCC2OCc1ccccc1. The fraction of sp³-hybridized carbons (Fsp3) is 0.520. The van der Waals surface area contributed by atoms with Gasteiger partial charge in [-0.15, -0.1) is 0 Å². The number of phenols is 1. The fourth-order valence-corrected chi connectivity index (χ4v) is 7.07. The molecular formula is C25H29IO2. The Bertz CT molecular complexity index is 864. The Balaban J connectivity index is 1.36. The van der Waals surface area contributed by atoms with Crippen molar-refractivity contribution >= 4 is 22.6 Å². The Morgan fingerprint density at radius 3 is 2.75 bits per heavy atom. The van der Waals surface area contributed by atoms with Crippen LogP contribution in [0.1, 0.15) is 61.6 Å². The van der Waals surface area contributed by atoms with Crippen LogP contribution < -0.4 is 0 Å². The minimum Gasteiger partial charge on any atom is -0.507 e. The lowest BCUT2D eigenvalue weighted by molar-refractivity contribution is -0.0707. The number of ether oxygens (including phenoxy) is 1. The molecule has 2 saturated carbocycles. The van der Waals surface area contributed by atoms with Crippen LogP contribution >= 0.6 is 22.6 Å². The lowest BCUT2D eigenvalue weighted by Gasteiger charge is -2.50. The molecule has 2 fully saturated rings. The third kappa shape index (κ3) is 3.09. The van der Waals surface area contributed by atoms with Crippen molar-refractivity contribution in [2.75, 3.05) is 0 Å². The number of rotatable bonds is 3. The Morgan fingerprint density at radius 2 is 1.93 bits per heavy atom. The van der Waals surface area contributed by atoms with Crippen molar-refractivity contribution in [3.63, 3.8) is 0 Å². The summed E-state index contributed by atoms with van der Waals surface area (Å²) in [4.78, 5) is 0. The maximum Gasteiger partial charge on any atom is 0.129 e. The first-order valence-electron chi connectivity index (χ1n) is 10.7. The highest BCUT2D eigenvalue weighted by Gasteiger charge is 2.55. The average molecular weight is 488 g/mol. The van der Waals surface area contributed by atoms with Crippen molar-refractivity contribution in [2.45, 2.75) is 64.1 Å². The van der Waals surface area contributed by atoms with Gasteiger partial charge in [0.15, 0.2) is 0 Å². The molecule has 5 rings (SSSR count). The minimum absolute atomic E-state index is 0.317. The molecule has 0 amide bonds. The van der Waals surface area contributed by atoms with Crippen molar-refractivity contribution in [2.24, 2.45) is 17.3 Å². The Morgan fingerprint density at radius 1 is 1.11 bits per heavy atom. The van der Waals surface area contributed by atoms with Crippen LogP contribution in [-0.4, -0.2) is 11.2 Å². The van der Waals surface area contributed by atoms with Crippen molar-refractivity contribution in [3.05, 3.63) is 62.7 Å². The Kier molecular flexibility index (Phi) is 4.95. The molecule has 2 aromatic carbocycles. The van der Waals surface area contributed by atoms with Gasteiger partial charge in [-0.25, -0.2) is 0 Å². The number of halogens is 1. The van der Waals surface area contributed by atoms with E-state index in [1.165, 1.54) is 48.8 Å². The number of fused-ring (bicyclic) bond motifs is 5. The first-order chi connectivity index (χ1) is 13.6. The molecule has 3 heteroatoms. The molecule has 1 N–H and O–H groups in total. The van der Waals surface area contributed by atoms with E-state index in [2.05, 4.69) is 65.9 Å². The molecule has 5 atom stereocenters. The van der Waals surface area contributed by atoms with Gasteiger partial charge in [-0.3, -0.25) is 0 Å². The van der Waals surface area contributed by atoms with E-state index < -0.39 is 0 Å². The lowest BCUT2D eigenvalue weighted by Crippen LogP contribution is -2.44. The second-order valence-corrected chi connectivity index (χ2v) is 10.5. The maximum absolute atomic E-state index is 10.1. The molecule has 0 spiro atoms. The molecule has 0 aromatic heterocycles. The van der Waals surface area contributed by atoms with Gasteiger partial charge in [0, 0.05) is 0 Å². The average Bonchev–Trinajstić information content (AvgIpc) is 3.04.